The number of amides is 2. The molecule has 3 rings (SSSR count). The number of ether oxygens (including phenoxy) is 2. The van der Waals surface area contributed by atoms with Crippen LogP contribution >= 0.6 is 0 Å². The van der Waals surface area contributed by atoms with Crippen molar-refractivity contribution in [3.63, 3.8) is 0 Å². The maximum atomic E-state index is 12.4. The maximum Gasteiger partial charge on any atom is 0.321 e. The van der Waals surface area contributed by atoms with Gasteiger partial charge in [0, 0.05) is 31.6 Å². The minimum absolute atomic E-state index is 0.0414. The number of nitrogens with zero attached hydrogens (tertiary/aromatic N) is 1. The molecule has 114 valence electrons. The molecule has 2 aliphatic heterocycles. The number of likely N-dealkylation sites (tertiary alicyclic amines) is 1. The monoisotopic (exact) mass is 290 g/mol. The highest BCUT2D eigenvalue weighted by Gasteiger charge is 2.40. The highest BCUT2D eigenvalue weighted by atomic mass is 16.7. The molecule has 0 aromatic heterocycles. The molecule has 2 fully saturated rings. The van der Waals surface area contributed by atoms with E-state index in [9.17, 15) is 4.79 Å². The van der Waals surface area contributed by atoms with Gasteiger partial charge in [0.15, 0.2) is 5.79 Å². The van der Waals surface area contributed by atoms with Crippen LogP contribution in [0.15, 0.2) is 18.2 Å². The number of piperidine rings is 1. The van der Waals surface area contributed by atoms with Crippen molar-refractivity contribution >= 4 is 11.7 Å². The lowest BCUT2D eigenvalue weighted by atomic mass is 10.0. The first kappa shape index (κ1) is 14.4. The summed E-state index contributed by atoms with van der Waals surface area (Å²) in [4.78, 5) is 14.2. The van der Waals surface area contributed by atoms with Crippen LogP contribution in [-0.4, -0.2) is 43.0 Å². The molecular weight excluding hydrogens is 268 g/mol. The third-order valence-corrected chi connectivity index (χ3v) is 4.34. The molecule has 2 heterocycles. The molecule has 1 aromatic rings. The lowest BCUT2D eigenvalue weighted by Crippen LogP contribution is -2.48. The van der Waals surface area contributed by atoms with Gasteiger partial charge in [-0.05, 0) is 25.0 Å². The lowest BCUT2D eigenvalue weighted by Gasteiger charge is -2.37. The summed E-state index contributed by atoms with van der Waals surface area (Å²) in [7, 11) is 0. The Hall–Kier alpha value is -1.59. The first-order valence-electron chi connectivity index (χ1n) is 7.50. The van der Waals surface area contributed by atoms with E-state index in [1.54, 1.807) is 0 Å². The van der Waals surface area contributed by atoms with Crippen LogP contribution in [0.5, 0.6) is 0 Å². The number of urea groups is 1. The molecule has 2 amide bonds. The molecule has 1 spiro atoms. The molecule has 2 saturated heterocycles. The Bertz CT molecular complexity index is 508. The van der Waals surface area contributed by atoms with Gasteiger partial charge in [0.2, 0.25) is 0 Å². The Morgan fingerprint density at radius 3 is 2.29 bits per heavy atom. The fourth-order valence-corrected chi connectivity index (χ4v) is 3.03. The van der Waals surface area contributed by atoms with Crippen LogP contribution < -0.4 is 5.32 Å². The molecule has 1 aromatic carbocycles. The second-order valence-corrected chi connectivity index (χ2v) is 5.79. The summed E-state index contributed by atoms with van der Waals surface area (Å²) in [5, 5.41) is 3.03. The zero-order valence-corrected chi connectivity index (χ0v) is 12.6. The molecule has 5 heteroatoms. The van der Waals surface area contributed by atoms with E-state index in [-0.39, 0.29) is 6.03 Å². The van der Waals surface area contributed by atoms with E-state index in [0.29, 0.717) is 26.3 Å². The zero-order valence-electron chi connectivity index (χ0n) is 12.6. The molecular formula is C16H22N2O3. The molecule has 5 nitrogen and oxygen atoms in total. The van der Waals surface area contributed by atoms with E-state index in [1.165, 1.54) is 0 Å². The quantitative estimate of drug-likeness (QED) is 0.865. The predicted molar refractivity (Wildman–Crippen MR) is 80.4 cm³/mol. The number of hydrogen-bond donors (Lipinski definition) is 1. The van der Waals surface area contributed by atoms with Crippen LogP contribution in [0.25, 0.3) is 0 Å². The van der Waals surface area contributed by atoms with Gasteiger partial charge < -0.3 is 19.7 Å². The lowest BCUT2D eigenvalue weighted by molar-refractivity contribution is -0.181. The number of para-hydroxylation sites is 1. The van der Waals surface area contributed by atoms with Crippen LogP contribution in [0.4, 0.5) is 10.5 Å². The molecule has 1 N–H and O–H groups in total. The van der Waals surface area contributed by atoms with Crippen molar-refractivity contribution in [2.45, 2.75) is 32.5 Å². The summed E-state index contributed by atoms with van der Waals surface area (Å²) in [5.74, 6) is -0.435. The SMILES string of the molecule is Cc1cccc(C)c1NC(=O)N1CCC2(CC1)OCCO2. The average molecular weight is 290 g/mol. The van der Waals surface area contributed by atoms with Crippen LogP contribution in [0.3, 0.4) is 0 Å². The minimum Gasteiger partial charge on any atom is -0.347 e. The molecule has 0 unspecified atom stereocenters. The van der Waals surface area contributed by atoms with Crippen LogP contribution in [0, 0.1) is 13.8 Å². The van der Waals surface area contributed by atoms with E-state index in [0.717, 1.165) is 29.7 Å². The van der Waals surface area contributed by atoms with Gasteiger partial charge in [-0.15, -0.1) is 0 Å². The highest BCUT2D eigenvalue weighted by molar-refractivity contribution is 5.91. The van der Waals surface area contributed by atoms with E-state index in [2.05, 4.69) is 5.32 Å². The van der Waals surface area contributed by atoms with Gasteiger partial charge >= 0.3 is 6.03 Å². The number of aryl methyl sites for hydroxylation is 2. The van der Waals surface area contributed by atoms with E-state index >= 15 is 0 Å². The molecule has 0 aliphatic carbocycles. The Labute approximate surface area is 125 Å². The average Bonchev–Trinajstić information content (AvgIpc) is 2.92. The van der Waals surface area contributed by atoms with E-state index < -0.39 is 5.79 Å². The first-order valence-corrected chi connectivity index (χ1v) is 7.50. The van der Waals surface area contributed by atoms with Crippen molar-refractivity contribution in [3.8, 4) is 0 Å². The second-order valence-electron chi connectivity index (χ2n) is 5.79. The van der Waals surface area contributed by atoms with Crippen molar-refractivity contribution in [2.24, 2.45) is 0 Å². The Kier molecular flexibility index (Phi) is 3.87. The smallest absolute Gasteiger partial charge is 0.321 e. The van der Waals surface area contributed by atoms with Gasteiger partial charge in [0.25, 0.3) is 0 Å². The van der Waals surface area contributed by atoms with Crippen LogP contribution in [0.1, 0.15) is 24.0 Å². The normalized spacial score (nSPS) is 20.8. The predicted octanol–water partition coefficient (Wildman–Crippen LogP) is 2.67. The first-order chi connectivity index (χ1) is 10.1. The second kappa shape index (κ2) is 5.66. The number of carbonyl (C=O) groups excluding carboxylic acids is 1. The Morgan fingerprint density at radius 1 is 1.14 bits per heavy atom. The molecule has 0 saturated carbocycles. The van der Waals surface area contributed by atoms with Gasteiger partial charge in [-0.3, -0.25) is 0 Å². The maximum absolute atomic E-state index is 12.4. The molecule has 0 bridgehead atoms. The number of rotatable bonds is 1. The molecule has 21 heavy (non-hydrogen) atoms. The standard InChI is InChI=1S/C16H22N2O3/c1-12-4-3-5-13(2)14(12)17-15(19)18-8-6-16(7-9-18)20-10-11-21-16/h3-5H,6-11H2,1-2H3,(H,17,19). The van der Waals surface area contributed by atoms with E-state index in [1.807, 2.05) is 36.9 Å². The van der Waals surface area contributed by atoms with Crippen molar-refractivity contribution in [1.29, 1.82) is 0 Å². The number of anilines is 1. The van der Waals surface area contributed by atoms with Gasteiger partial charge in [-0.25, -0.2) is 4.79 Å². The zero-order chi connectivity index (χ0) is 14.9. The summed E-state index contributed by atoms with van der Waals surface area (Å²) in [6.45, 7) is 6.67. The van der Waals surface area contributed by atoms with Gasteiger partial charge in [-0.1, -0.05) is 18.2 Å². The number of hydrogen-bond acceptors (Lipinski definition) is 3. The van der Waals surface area contributed by atoms with Gasteiger partial charge in [-0.2, -0.15) is 0 Å². The summed E-state index contributed by atoms with van der Waals surface area (Å²) in [5.41, 5.74) is 3.08. The van der Waals surface area contributed by atoms with E-state index in [4.69, 9.17) is 9.47 Å². The number of nitrogens with one attached hydrogen (secondary N) is 1. The number of carbonyl (C=O) groups is 1. The molecule has 0 radical (unpaired) electrons. The summed E-state index contributed by atoms with van der Waals surface area (Å²) in [6.07, 6.45) is 1.49. The molecule has 0 atom stereocenters. The van der Waals surface area contributed by atoms with Crippen molar-refractivity contribution in [1.82, 2.24) is 4.90 Å². The minimum atomic E-state index is -0.435. The summed E-state index contributed by atoms with van der Waals surface area (Å²) in [6, 6.07) is 5.97. The summed E-state index contributed by atoms with van der Waals surface area (Å²) >= 11 is 0. The highest BCUT2D eigenvalue weighted by Crippen LogP contribution is 2.31. The fraction of sp³-hybridized carbons (Fsp3) is 0.562. The van der Waals surface area contributed by atoms with Crippen molar-refractivity contribution in [2.75, 3.05) is 31.6 Å². The van der Waals surface area contributed by atoms with Crippen molar-refractivity contribution < 1.29 is 14.3 Å². The summed E-state index contributed by atoms with van der Waals surface area (Å²) < 4.78 is 11.4. The van der Waals surface area contributed by atoms with Crippen LogP contribution in [0.2, 0.25) is 0 Å². The fourth-order valence-electron chi connectivity index (χ4n) is 3.03. The Morgan fingerprint density at radius 2 is 1.71 bits per heavy atom. The topological polar surface area (TPSA) is 50.8 Å². The number of benzene rings is 1. The third kappa shape index (κ3) is 2.89. The van der Waals surface area contributed by atoms with Gasteiger partial charge in [0.05, 0.1) is 13.2 Å². The third-order valence-electron chi connectivity index (χ3n) is 4.34. The van der Waals surface area contributed by atoms with Crippen molar-refractivity contribution in [3.05, 3.63) is 29.3 Å². The Balaban J connectivity index is 1.62. The van der Waals surface area contributed by atoms with Crippen LogP contribution in [-0.2, 0) is 9.47 Å². The largest absolute Gasteiger partial charge is 0.347 e. The molecule has 2 aliphatic rings. The van der Waals surface area contributed by atoms with Gasteiger partial charge in [0.1, 0.15) is 0 Å².